The average Bonchev–Trinajstić information content (AvgIpc) is 3.26. The van der Waals surface area contributed by atoms with Crippen LogP contribution in [0.1, 0.15) is 12.7 Å². The van der Waals surface area contributed by atoms with Gasteiger partial charge in [0.05, 0.1) is 17.5 Å². The fraction of sp³-hybridized carbons (Fsp3) is 0.111. The quantitative estimate of drug-likeness (QED) is 0.456. The van der Waals surface area contributed by atoms with E-state index in [9.17, 15) is 0 Å². The Morgan fingerprint density at radius 3 is 2.92 bits per heavy atom. The molecule has 25 heavy (non-hydrogen) atoms. The second-order valence-corrected chi connectivity index (χ2v) is 5.60. The van der Waals surface area contributed by atoms with Crippen molar-refractivity contribution in [1.82, 2.24) is 19.7 Å². The number of nitrogens with zero attached hydrogens (tertiary/aromatic N) is 5. The van der Waals surface area contributed by atoms with E-state index >= 15 is 0 Å². The lowest BCUT2D eigenvalue weighted by atomic mass is 10.2. The number of nitrogens with one attached hydrogen (secondary N) is 1. The highest BCUT2D eigenvalue weighted by atomic mass is 16.3. The van der Waals surface area contributed by atoms with E-state index in [1.807, 2.05) is 67.1 Å². The smallest absolute Gasteiger partial charge is 0.265 e. The number of hydrogen-bond donors (Lipinski definition) is 1. The number of para-hydroxylation sites is 1. The number of aryl methyl sites for hydroxylation is 1. The molecule has 4 rings (SSSR count). The molecule has 7 nitrogen and oxygen atoms in total. The Morgan fingerprint density at radius 2 is 2.08 bits per heavy atom. The molecule has 0 radical (unpaired) electrons. The summed E-state index contributed by atoms with van der Waals surface area (Å²) in [6.45, 7) is 1.87. The Labute approximate surface area is 143 Å². The highest BCUT2D eigenvalue weighted by molar-refractivity contribution is 6.04. The van der Waals surface area contributed by atoms with E-state index in [0.717, 1.165) is 33.5 Å². The Bertz CT molecular complexity index is 1090. The molecule has 4 aromatic rings. The Balaban J connectivity index is 1.60. The number of aromatic nitrogens is 4. The van der Waals surface area contributed by atoms with Crippen molar-refractivity contribution < 1.29 is 4.42 Å². The molecule has 124 valence electrons. The van der Waals surface area contributed by atoms with Crippen molar-refractivity contribution in [3.05, 3.63) is 54.5 Å². The van der Waals surface area contributed by atoms with Gasteiger partial charge in [-0.1, -0.05) is 18.2 Å². The monoisotopic (exact) mass is 332 g/mol. The molecule has 1 N–H and O–H groups in total. The number of furan rings is 1. The molecule has 0 fully saturated rings. The minimum atomic E-state index is 0.351. The van der Waals surface area contributed by atoms with Gasteiger partial charge < -0.3 is 8.98 Å². The molecule has 0 unspecified atom stereocenters. The van der Waals surface area contributed by atoms with Crippen LogP contribution in [-0.2, 0) is 7.05 Å². The predicted octanol–water partition coefficient (Wildman–Crippen LogP) is 3.61. The summed E-state index contributed by atoms with van der Waals surface area (Å²) in [6, 6.07) is 11.7. The minimum Gasteiger partial charge on any atom is -0.465 e. The zero-order valence-corrected chi connectivity index (χ0v) is 13.8. The molecular formula is C18H16N6O. The second-order valence-electron chi connectivity index (χ2n) is 5.60. The van der Waals surface area contributed by atoms with E-state index in [0.29, 0.717) is 5.95 Å². The first-order chi connectivity index (χ1) is 12.2. The summed E-state index contributed by atoms with van der Waals surface area (Å²) in [4.78, 5) is 4.52. The summed E-state index contributed by atoms with van der Waals surface area (Å²) < 4.78 is 7.24. The molecule has 0 saturated carbocycles. The fourth-order valence-corrected chi connectivity index (χ4v) is 2.62. The second kappa shape index (κ2) is 6.20. The molecule has 0 bridgehead atoms. The minimum absolute atomic E-state index is 0.351. The number of benzene rings is 1. The van der Waals surface area contributed by atoms with Crippen LogP contribution in [0.5, 0.6) is 0 Å². The van der Waals surface area contributed by atoms with Crippen LogP contribution in [0.2, 0.25) is 0 Å². The van der Waals surface area contributed by atoms with Gasteiger partial charge in [0, 0.05) is 12.4 Å². The first-order valence-electron chi connectivity index (χ1n) is 7.82. The topological polar surface area (TPSA) is 81.1 Å². The summed E-state index contributed by atoms with van der Waals surface area (Å²) in [5.41, 5.74) is 6.22. The molecule has 0 saturated heterocycles. The molecule has 3 aromatic heterocycles. The van der Waals surface area contributed by atoms with Gasteiger partial charge in [-0.15, -0.1) is 10.2 Å². The van der Waals surface area contributed by atoms with Crippen molar-refractivity contribution in [3.8, 4) is 0 Å². The lowest BCUT2D eigenvalue weighted by Gasteiger charge is -2.00. The number of rotatable bonds is 4. The maximum Gasteiger partial charge on any atom is 0.265 e. The summed E-state index contributed by atoms with van der Waals surface area (Å²) >= 11 is 0. The summed E-state index contributed by atoms with van der Waals surface area (Å²) in [6.07, 6.45) is 5.31. The lowest BCUT2D eigenvalue weighted by Crippen LogP contribution is -2.02. The highest BCUT2D eigenvalue weighted by Crippen LogP contribution is 2.24. The SMILES string of the molecule is CC(/C=C/c1ccco1)=N\Nc1nnc2c3ccccc3n(C)c2n1. The first-order valence-corrected chi connectivity index (χ1v) is 7.82. The molecule has 0 amide bonds. The normalized spacial score (nSPS) is 12.5. The van der Waals surface area contributed by atoms with Crippen molar-refractivity contribution >= 4 is 39.8 Å². The van der Waals surface area contributed by atoms with Crippen LogP contribution in [0, 0.1) is 0 Å². The van der Waals surface area contributed by atoms with Gasteiger partial charge in [-0.3, -0.25) is 0 Å². The third-order valence-electron chi connectivity index (χ3n) is 3.87. The Hall–Kier alpha value is -3.48. The third kappa shape index (κ3) is 2.87. The third-order valence-corrected chi connectivity index (χ3v) is 3.87. The molecule has 1 aromatic carbocycles. The molecular weight excluding hydrogens is 316 g/mol. The molecule has 7 heteroatoms. The molecule has 0 aliphatic heterocycles. The zero-order chi connectivity index (χ0) is 17.2. The van der Waals surface area contributed by atoms with Gasteiger partial charge >= 0.3 is 0 Å². The van der Waals surface area contributed by atoms with Crippen molar-refractivity contribution in [2.24, 2.45) is 12.1 Å². The first kappa shape index (κ1) is 15.1. The van der Waals surface area contributed by atoms with Crippen molar-refractivity contribution in [2.75, 3.05) is 5.43 Å². The van der Waals surface area contributed by atoms with Gasteiger partial charge in [0.1, 0.15) is 11.3 Å². The van der Waals surface area contributed by atoms with Crippen molar-refractivity contribution in [1.29, 1.82) is 0 Å². The van der Waals surface area contributed by atoms with Crippen LogP contribution < -0.4 is 5.43 Å². The van der Waals surface area contributed by atoms with Gasteiger partial charge in [-0.2, -0.15) is 10.1 Å². The van der Waals surface area contributed by atoms with Gasteiger partial charge in [0.15, 0.2) is 5.65 Å². The van der Waals surface area contributed by atoms with Crippen LogP contribution >= 0.6 is 0 Å². The van der Waals surface area contributed by atoms with Crippen LogP contribution in [-0.4, -0.2) is 25.5 Å². The summed E-state index contributed by atoms with van der Waals surface area (Å²) in [5, 5.41) is 13.7. The molecule has 3 heterocycles. The van der Waals surface area contributed by atoms with Gasteiger partial charge in [-0.25, -0.2) is 5.43 Å². The maximum atomic E-state index is 5.24. The largest absolute Gasteiger partial charge is 0.465 e. The number of allylic oxidation sites excluding steroid dienone is 1. The van der Waals surface area contributed by atoms with E-state index < -0.39 is 0 Å². The number of anilines is 1. The Morgan fingerprint density at radius 1 is 1.20 bits per heavy atom. The molecule has 0 aliphatic carbocycles. The summed E-state index contributed by atoms with van der Waals surface area (Å²) in [5.74, 6) is 1.12. The van der Waals surface area contributed by atoms with E-state index in [-0.39, 0.29) is 0 Å². The lowest BCUT2D eigenvalue weighted by molar-refractivity contribution is 0.557. The van der Waals surface area contributed by atoms with Crippen LogP contribution in [0.3, 0.4) is 0 Å². The van der Waals surface area contributed by atoms with Crippen LogP contribution in [0.15, 0.2) is 58.3 Å². The van der Waals surface area contributed by atoms with Crippen molar-refractivity contribution in [3.63, 3.8) is 0 Å². The molecule has 0 aliphatic rings. The van der Waals surface area contributed by atoms with E-state index in [1.54, 1.807) is 6.26 Å². The number of hydrogen-bond acceptors (Lipinski definition) is 6. The van der Waals surface area contributed by atoms with Gasteiger partial charge in [-0.05, 0) is 37.3 Å². The molecule has 0 spiro atoms. The number of fused-ring (bicyclic) bond motifs is 3. The van der Waals surface area contributed by atoms with Gasteiger partial charge in [0.2, 0.25) is 0 Å². The summed E-state index contributed by atoms with van der Waals surface area (Å²) in [7, 11) is 1.96. The maximum absolute atomic E-state index is 5.24. The average molecular weight is 332 g/mol. The number of hydrazone groups is 1. The highest BCUT2D eigenvalue weighted by Gasteiger charge is 2.11. The Kier molecular flexibility index (Phi) is 3.74. The van der Waals surface area contributed by atoms with Crippen LogP contribution in [0.25, 0.3) is 28.1 Å². The standard InChI is InChI=1S/C18H16N6O/c1-12(9-10-13-6-5-11-25-13)20-22-18-19-17-16(21-23-18)14-7-3-4-8-15(14)24(17)2/h3-11H,1-2H3,(H,19,22,23)/b10-9+,20-12+. The van der Waals surface area contributed by atoms with E-state index in [1.165, 1.54) is 0 Å². The predicted molar refractivity (Wildman–Crippen MR) is 98.3 cm³/mol. The van der Waals surface area contributed by atoms with Crippen LogP contribution in [0.4, 0.5) is 5.95 Å². The van der Waals surface area contributed by atoms with Gasteiger partial charge in [0.25, 0.3) is 5.95 Å². The van der Waals surface area contributed by atoms with E-state index in [4.69, 9.17) is 4.42 Å². The van der Waals surface area contributed by atoms with E-state index in [2.05, 4.69) is 25.7 Å². The zero-order valence-electron chi connectivity index (χ0n) is 13.8. The van der Waals surface area contributed by atoms with Crippen molar-refractivity contribution in [2.45, 2.75) is 6.92 Å². The molecule has 0 atom stereocenters. The fourth-order valence-electron chi connectivity index (χ4n) is 2.62.